The second-order valence-corrected chi connectivity index (χ2v) is 10.7. The standard InChI is InChI=1S/C17H15Br2NO3S/c1-16(9-17(16,18)19)15(22)20-13-11(14(21)23-2)8-12(24-13)10-6-4-3-5-7-10/h3-8H,9H2,1-2H3,(H,20,22). The largest absolute Gasteiger partial charge is 0.465 e. The van der Waals surface area contributed by atoms with Crippen molar-refractivity contribution < 1.29 is 14.3 Å². The van der Waals surface area contributed by atoms with E-state index in [4.69, 9.17) is 4.74 Å². The number of alkyl halides is 2. The average molecular weight is 473 g/mol. The van der Waals surface area contributed by atoms with Crippen LogP contribution in [-0.4, -0.2) is 22.2 Å². The van der Waals surface area contributed by atoms with Crippen LogP contribution in [0.4, 0.5) is 5.00 Å². The Morgan fingerprint density at radius 2 is 1.88 bits per heavy atom. The molecule has 126 valence electrons. The first kappa shape index (κ1) is 17.6. The number of anilines is 1. The maximum absolute atomic E-state index is 12.6. The second kappa shape index (κ2) is 6.28. The summed E-state index contributed by atoms with van der Waals surface area (Å²) in [5, 5.41) is 3.40. The molecule has 0 spiro atoms. The van der Waals surface area contributed by atoms with Gasteiger partial charge in [0.2, 0.25) is 5.91 Å². The Hall–Kier alpha value is -1.18. The van der Waals surface area contributed by atoms with Crippen LogP contribution in [0, 0.1) is 5.41 Å². The van der Waals surface area contributed by atoms with E-state index in [9.17, 15) is 9.59 Å². The van der Waals surface area contributed by atoms with E-state index in [0.717, 1.165) is 10.4 Å². The van der Waals surface area contributed by atoms with Crippen LogP contribution >= 0.6 is 43.2 Å². The van der Waals surface area contributed by atoms with Crippen LogP contribution in [0.15, 0.2) is 36.4 Å². The Labute approximate surface area is 160 Å². The third-order valence-electron chi connectivity index (χ3n) is 4.18. The summed E-state index contributed by atoms with van der Waals surface area (Å²) in [5.74, 6) is -0.600. The van der Waals surface area contributed by atoms with Crippen LogP contribution in [0.1, 0.15) is 23.7 Å². The van der Waals surface area contributed by atoms with E-state index in [0.29, 0.717) is 17.0 Å². The van der Waals surface area contributed by atoms with Crippen LogP contribution in [-0.2, 0) is 9.53 Å². The van der Waals surface area contributed by atoms with Crippen molar-refractivity contribution in [1.29, 1.82) is 0 Å². The van der Waals surface area contributed by atoms with Crippen molar-refractivity contribution in [2.24, 2.45) is 5.41 Å². The minimum Gasteiger partial charge on any atom is -0.465 e. The van der Waals surface area contributed by atoms with Gasteiger partial charge in [0.25, 0.3) is 0 Å². The molecular formula is C17H15Br2NO3S. The van der Waals surface area contributed by atoms with Crippen LogP contribution in [0.2, 0.25) is 0 Å². The van der Waals surface area contributed by atoms with Gasteiger partial charge in [-0.05, 0) is 25.0 Å². The van der Waals surface area contributed by atoms with E-state index >= 15 is 0 Å². The van der Waals surface area contributed by atoms with Gasteiger partial charge in [-0.1, -0.05) is 62.2 Å². The molecule has 1 amide bonds. The number of rotatable bonds is 4. The number of thiophene rings is 1. The number of esters is 1. The number of ether oxygens (including phenoxy) is 1. The van der Waals surface area contributed by atoms with Crippen molar-refractivity contribution >= 4 is 60.1 Å². The van der Waals surface area contributed by atoms with Crippen molar-refractivity contribution in [3.05, 3.63) is 42.0 Å². The van der Waals surface area contributed by atoms with E-state index in [2.05, 4.69) is 37.2 Å². The van der Waals surface area contributed by atoms with E-state index in [1.807, 2.05) is 37.3 Å². The lowest BCUT2D eigenvalue weighted by Crippen LogP contribution is -2.26. The third-order valence-corrected chi connectivity index (χ3v) is 7.59. The van der Waals surface area contributed by atoms with E-state index in [1.54, 1.807) is 6.07 Å². The molecule has 0 aliphatic heterocycles. The normalized spacial score (nSPS) is 21.2. The highest BCUT2D eigenvalue weighted by molar-refractivity contribution is 9.25. The maximum atomic E-state index is 12.6. The maximum Gasteiger partial charge on any atom is 0.340 e. The number of halogens is 2. The predicted octanol–water partition coefficient (Wildman–Crippen LogP) is 5.04. The molecule has 1 fully saturated rings. The molecule has 2 aromatic rings. The summed E-state index contributed by atoms with van der Waals surface area (Å²) >= 11 is 8.35. The Morgan fingerprint density at radius 1 is 1.25 bits per heavy atom. The summed E-state index contributed by atoms with van der Waals surface area (Å²) in [6.07, 6.45) is 0.677. The van der Waals surface area contributed by atoms with Gasteiger partial charge < -0.3 is 10.1 Å². The Kier molecular flexibility index (Phi) is 4.61. The summed E-state index contributed by atoms with van der Waals surface area (Å²) < 4.78 is 4.46. The predicted molar refractivity (Wildman–Crippen MR) is 103 cm³/mol. The molecule has 1 aromatic heterocycles. The quantitative estimate of drug-likeness (QED) is 0.501. The number of hydrogen-bond donors (Lipinski definition) is 1. The minimum atomic E-state index is -0.558. The van der Waals surface area contributed by atoms with E-state index < -0.39 is 11.4 Å². The number of amides is 1. The molecule has 0 radical (unpaired) electrons. The molecule has 24 heavy (non-hydrogen) atoms. The fourth-order valence-corrected chi connectivity index (χ4v) is 4.91. The molecule has 1 aromatic carbocycles. The van der Waals surface area contributed by atoms with Crippen molar-refractivity contribution in [2.45, 2.75) is 16.6 Å². The summed E-state index contributed by atoms with van der Waals surface area (Å²) in [7, 11) is 1.33. The van der Waals surface area contributed by atoms with Crippen molar-refractivity contribution in [2.75, 3.05) is 12.4 Å². The fraction of sp³-hybridized carbons (Fsp3) is 0.294. The van der Waals surface area contributed by atoms with Gasteiger partial charge in [0.15, 0.2) is 0 Å². The zero-order chi connectivity index (χ0) is 17.5. The number of carbonyl (C=O) groups excluding carboxylic acids is 2. The van der Waals surface area contributed by atoms with Gasteiger partial charge in [0, 0.05) is 4.88 Å². The first-order valence-corrected chi connectivity index (χ1v) is 9.65. The lowest BCUT2D eigenvalue weighted by Gasteiger charge is -2.12. The van der Waals surface area contributed by atoms with Gasteiger partial charge in [0.05, 0.1) is 21.3 Å². The number of nitrogens with one attached hydrogen (secondary N) is 1. The van der Waals surface area contributed by atoms with Gasteiger partial charge in [-0.25, -0.2) is 4.79 Å². The van der Waals surface area contributed by atoms with Gasteiger partial charge in [-0.3, -0.25) is 4.79 Å². The molecule has 3 rings (SSSR count). The van der Waals surface area contributed by atoms with Gasteiger partial charge in [0.1, 0.15) is 5.00 Å². The summed E-state index contributed by atoms with van der Waals surface area (Å²) in [5.41, 5.74) is 0.798. The first-order valence-electron chi connectivity index (χ1n) is 7.25. The van der Waals surface area contributed by atoms with Crippen LogP contribution in [0.5, 0.6) is 0 Å². The molecule has 1 atom stereocenters. The monoisotopic (exact) mass is 471 g/mol. The molecule has 4 nitrogen and oxygen atoms in total. The summed E-state index contributed by atoms with van der Waals surface area (Å²) in [4.78, 5) is 25.6. The van der Waals surface area contributed by atoms with Crippen LogP contribution in [0.25, 0.3) is 10.4 Å². The van der Waals surface area contributed by atoms with Crippen LogP contribution < -0.4 is 5.32 Å². The van der Waals surface area contributed by atoms with Crippen LogP contribution in [0.3, 0.4) is 0 Å². The lowest BCUT2D eigenvalue weighted by atomic mass is 10.1. The zero-order valence-electron chi connectivity index (χ0n) is 13.1. The summed E-state index contributed by atoms with van der Waals surface area (Å²) in [6.45, 7) is 1.87. The highest BCUT2D eigenvalue weighted by atomic mass is 79.9. The molecule has 1 heterocycles. The Morgan fingerprint density at radius 3 is 2.42 bits per heavy atom. The number of methoxy groups -OCH3 is 1. The minimum absolute atomic E-state index is 0.136. The van der Waals surface area contributed by atoms with Gasteiger partial charge >= 0.3 is 5.97 Å². The number of hydrogen-bond acceptors (Lipinski definition) is 4. The lowest BCUT2D eigenvalue weighted by molar-refractivity contribution is -0.120. The summed E-state index contributed by atoms with van der Waals surface area (Å²) in [6, 6.07) is 11.5. The van der Waals surface area contributed by atoms with Crippen molar-refractivity contribution in [3.63, 3.8) is 0 Å². The smallest absolute Gasteiger partial charge is 0.340 e. The van der Waals surface area contributed by atoms with Crippen molar-refractivity contribution in [3.8, 4) is 10.4 Å². The fourth-order valence-electron chi connectivity index (χ4n) is 2.38. The molecule has 0 bridgehead atoms. The molecule has 1 unspecified atom stereocenters. The molecule has 1 saturated carbocycles. The molecule has 1 aliphatic rings. The third kappa shape index (κ3) is 3.05. The highest BCUT2D eigenvalue weighted by Crippen LogP contribution is 2.66. The van der Waals surface area contributed by atoms with Gasteiger partial charge in [-0.2, -0.15) is 0 Å². The number of benzene rings is 1. The van der Waals surface area contributed by atoms with E-state index in [-0.39, 0.29) is 9.14 Å². The Balaban J connectivity index is 1.93. The van der Waals surface area contributed by atoms with Gasteiger partial charge in [-0.15, -0.1) is 11.3 Å². The first-order chi connectivity index (χ1) is 11.3. The molecule has 1 N–H and O–H groups in total. The van der Waals surface area contributed by atoms with E-state index in [1.165, 1.54) is 18.4 Å². The molecule has 1 aliphatic carbocycles. The molecule has 0 saturated heterocycles. The topological polar surface area (TPSA) is 55.4 Å². The van der Waals surface area contributed by atoms with Crippen molar-refractivity contribution in [1.82, 2.24) is 0 Å². The molecule has 7 heteroatoms. The highest BCUT2D eigenvalue weighted by Gasteiger charge is 2.66. The number of carbonyl (C=O) groups is 2. The molecular weight excluding hydrogens is 458 g/mol. The second-order valence-electron chi connectivity index (χ2n) is 5.88. The Bertz CT molecular complexity index is 803. The average Bonchev–Trinajstić information content (AvgIpc) is 2.91. The SMILES string of the molecule is COC(=O)c1cc(-c2ccccc2)sc1NC(=O)C1(C)CC1(Br)Br. The zero-order valence-corrected chi connectivity index (χ0v) is 17.0.